The van der Waals surface area contributed by atoms with Crippen LogP contribution in [0.1, 0.15) is 27.8 Å². The Morgan fingerprint density at radius 2 is 1.65 bits per heavy atom. The first kappa shape index (κ1) is 23.6. The van der Waals surface area contributed by atoms with Crippen molar-refractivity contribution in [2.45, 2.75) is 11.2 Å². The molecule has 0 spiro atoms. The van der Waals surface area contributed by atoms with Crippen molar-refractivity contribution in [3.63, 3.8) is 0 Å². The smallest absolute Gasteiger partial charge is 0.252 e. The lowest BCUT2D eigenvalue weighted by molar-refractivity contribution is -0.113. The van der Waals surface area contributed by atoms with E-state index in [1.54, 1.807) is 48.8 Å². The number of hydrogen-bond acceptors (Lipinski definition) is 5. The quantitative estimate of drug-likeness (QED) is 0.360. The Balaban J connectivity index is 1.41. The number of hydrogen-bond donors (Lipinski definition) is 2. The average Bonchev–Trinajstić information content (AvgIpc) is 3.44. The standard InChI is InChI=1S/C24H23ClN6O2S/c1-30-13-11-26-22(30)21(16-3-7-18(25)8-4-16)29-23(33)17-5-9-19(10-6-17)28-20(32)15-34-24-27-12-14-31(24)2/h3-14,21H,15H2,1-2H3,(H,28,32)(H,29,33)/t21-/m1/s1. The number of benzene rings is 2. The molecular formula is C24H23ClN6O2S. The molecule has 2 aromatic heterocycles. The Bertz CT molecular complexity index is 1280. The Labute approximate surface area is 206 Å². The highest BCUT2D eigenvalue weighted by atomic mass is 35.5. The van der Waals surface area contributed by atoms with E-state index in [0.29, 0.717) is 22.1 Å². The molecule has 8 nitrogen and oxygen atoms in total. The largest absolute Gasteiger partial charge is 0.338 e. The number of carbonyl (C=O) groups excluding carboxylic acids is 2. The van der Waals surface area contributed by atoms with E-state index in [0.717, 1.165) is 10.7 Å². The zero-order chi connectivity index (χ0) is 24.1. The first-order valence-electron chi connectivity index (χ1n) is 10.4. The van der Waals surface area contributed by atoms with Crippen molar-refractivity contribution in [1.82, 2.24) is 24.4 Å². The lowest BCUT2D eigenvalue weighted by Crippen LogP contribution is -2.31. The molecule has 0 unspecified atom stereocenters. The molecule has 4 aromatic rings. The molecule has 10 heteroatoms. The first-order valence-corrected chi connectivity index (χ1v) is 11.8. The van der Waals surface area contributed by atoms with E-state index >= 15 is 0 Å². The van der Waals surface area contributed by atoms with Gasteiger partial charge in [0.05, 0.1) is 5.75 Å². The summed E-state index contributed by atoms with van der Waals surface area (Å²) in [6, 6.07) is 13.6. The van der Waals surface area contributed by atoms with Gasteiger partial charge in [-0.2, -0.15) is 0 Å². The SMILES string of the molecule is Cn1ccnc1SCC(=O)Nc1ccc(C(=O)N[C@H](c2ccc(Cl)cc2)c2nccn2C)cc1. The molecule has 0 bridgehead atoms. The minimum absolute atomic E-state index is 0.150. The lowest BCUT2D eigenvalue weighted by atomic mass is 10.1. The van der Waals surface area contributed by atoms with Gasteiger partial charge in [0, 0.05) is 55.2 Å². The topological polar surface area (TPSA) is 93.8 Å². The maximum Gasteiger partial charge on any atom is 0.252 e. The van der Waals surface area contributed by atoms with Crippen LogP contribution in [0.3, 0.4) is 0 Å². The molecule has 0 saturated heterocycles. The van der Waals surface area contributed by atoms with E-state index < -0.39 is 6.04 Å². The average molecular weight is 495 g/mol. The third-order valence-corrected chi connectivity index (χ3v) is 6.45. The molecule has 2 amide bonds. The maximum atomic E-state index is 13.0. The minimum atomic E-state index is -0.452. The number of imidazole rings is 2. The van der Waals surface area contributed by atoms with E-state index in [4.69, 9.17) is 11.6 Å². The monoisotopic (exact) mass is 494 g/mol. The van der Waals surface area contributed by atoms with Crippen LogP contribution in [0.4, 0.5) is 5.69 Å². The Morgan fingerprint density at radius 1 is 0.971 bits per heavy atom. The normalized spacial score (nSPS) is 11.7. The number of halogens is 1. The number of thioether (sulfide) groups is 1. The van der Waals surface area contributed by atoms with E-state index in [1.165, 1.54) is 11.8 Å². The van der Waals surface area contributed by atoms with Gasteiger partial charge < -0.3 is 19.8 Å². The van der Waals surface area contributed by atoms with Crippen LogP contribution in [0.15, 0.2) is 78.5 Å². The van der Waals surface area contributed by atoms with E-state index in [2.05, 4.69) is 20.6 Å². The highest BCUT2D eigenvalue weighted by Gasteiger charge is 2.21. The molecule has 0 saturated carbocycles. The molecule has 0 aliphatic rings. The van der Waals surface area contributed by atoms with Crippen LogP contribution in [0.5, 0.6) is 0 Å². The summed E-state index contributed by atoms with van der Waals surface area (Å²) < 4.78 is 3.72. The molecule has 0 aliphatic carbocycles. The molecule has 2 aromatic carbocycles. The van der Waals surface area contributed by atoms with Gasteiger partial charge in [0.2, 0.25) is 5.91 Å². The summed E-state index contributed by atoms with van der Waals surface area (Å²) in [6.45, 7) is 0. The Hall–Kier alpha value is -3.56. The summed E-state index contributed by atoms with van der Waals surface area (Å²) in [7, 11) is 3.75. The number of nitrogens with zero attached hydrogens (tertiary/aromatic N) is 4. The fourth-order valence-electron chi connectivity index (χ4n) is 3.35. The summed E-state index contributed by atoms with van der Waals surface area (Å²) in [4.78, 5) is 33.9. The van der Waals surface area contributed by atoms with Crippen LogP contribution >= 0.6 is 23.4 Å². The first-order chi connectivity index (χ1) is 16.4. The summed E-state index contributed by atoms with van der Waals surface area (Å²) in [6.07, 6.45) is 7.03. The minimum Gasteiger partial charge on any atom is -0.338 e. The van der Waals surface area contributed by atoms with Crippen molar-refractivity contribution in [2.24, 2.45) is 14.1 Å². The van der Waals surface area contributed by atoms with Gasteiger partial charge in [-0.3, -0.25) is 9.59 Å². The number of aromatic nitrogens is 4. The van der Waals surface area contributed by atoms with E-state index in [9.17, 15) is 9.59 Å². The number of rotatable bonds is 8. The van der Waals surface area contributed by atoms with E-state index in [1.807, 2.05) is 47.8 Å². The molecule has 0 fully saturated rings. The van der Waals surface area contributed by atoms with Gasteiger partial charge in [-0.15, -0.1) is 0 Å². The lowest BCUT2D eigenvalue weighted by Gasteiger charge is -2.19. The van der Waals surface area contributed by atoms with Crippen LogP contribution < -0.4 is 10.6 Å². The van der Waals surface area contributed by atoms with Gasteiger partial charge in [-0.05, 0) is 42.0 Å². The van der Waals surface area contributed by atoms with Crippen molar-refractivity contribution in [3.8, 4) is 0 Å². The second-order valence-electron chi connectivity index (χ2n) is 7.59. The molecule has 1 atom stereocenters. The summed E-state index contributed by atoms with van der Waals surface area (Å²) in [5, 5.41) is 7.27. The van der Waals surface area contributed by atoms with Crippen LogP contribution in [-0.2, 0) is 18.9 Å². The predicted octanol–water partition coefficient (Wildman–Crippen LogP) is 4.06. The van der Waals surface area contributed by atoms with Crippen LogP contribution in [0, 0.1) is 0 Å². The molecular weight excluding hydrogens is 472 g/mol. The molecule has 0 radical (unpaired) electrons. The summed E-state index contributed by atoms with van der Waals surface area (Å²) >= 11 is 7.39. The second-order valence-corrected chi connectivity index (χ2v) is 8.97. The fraction of sp³-hybridized carbons (Fsp3) is 0.167. The van der Waals surface area contributed by atoms with Crippen molar-refractivity contribution in [1.29, 1.82) is 0 Å². The van der Waals surface area contributed by atoms with Crippen molar-refractivity contribution in [3.05, 3.63) is 95.3 Å². The molecule has 0 aliphatic heterocycles. The van der Waals surface area contributed by atoms with Crippen LogP contribution in [-0.4, -0.2) is 36.7 Å². The van der Waals surface area contributed by atoms with Crippen molar-refractivity contribution in [2.75, 3.05) is 11.1 Å². The zero-order valence-electron chi connectivity index (χ0n) is 18.6. The number of amides is 2. The third kappa shape index (κ3) is 5.67. The van der Waals surface area contributed by atoms with Crippen LogP contribution in [0.25, 0.3) is 0 Å². The fourth-order valence-corrected chi connectivity index (χ4v) is 4.20. The van der Waals surface area contributed by atoms with Gasteiger partial charge in [-0.1, -0.05) is 35.5 Å². The number of nitrogens with one attached hydrogen (secondary N) is 2. The van der Waals surface area contributed by atoms with E-state index in [-0.39, 0.29) is 17.6 Å². The van der Waals surface area contributed by atoms with Crippen molar-refractivity contribution < 1.29 is 9.59 Å². The third-order valence-electron chi connectivity index (χ3n) is 5.14. The van der Waals surface area contributed by atoms with Gasteiger partial charge in [-0.25, -0.2) is 9.97 Å². The molecule has 174 valence electrons. The Morgan fingerprint density at radius 3 is 2.26 bits per heavy atom. The molecule has 2 heterocycles. The maximum absolute atomic E-state index is 13.0. The second kappa shape index (κ2) is 10.6. The highest BCUT2D eigenvalue weighted by molar-refractivity contribution is 7.99. The van der Waals surface area contributed by atoms with Gasteiger partial charge in [0.15, 0.2) is 5.16 Å². The molecule has 4 rings (SSSR count). The van der Waals surface area contributed by atoms with Gasteiger partial charge in [0.25, 0.3) is 5.91 Å². The van der Waals surface area contributed by atoms with Gasteiger partial charge >= 0.3 is 0 Å². The molecule has 2 N–H and O–H groups in total. The number of aryl methyl sites for hydroxylation is 2. The highest BCUT2D eigenvalue weighted by Crippen LogP contribution is 2.23. The van der Waals surface area contributed by atoms with Gasteiger partial charge in [0.1, 0.15) is 11.9 Å². The Kier molecular flexibility index (Phi) is 7.34. The van der Waals surface area contributed by atoms with Crippen LogP contribution in [0.2, 0.25) is 5.02 Å². The number of carbonyl (C=O) groups is 2. The summed E-state index contributed by atoms with van der Waals surface area (Å²) in [5.41, 5.74) is 1.94. The van der Waals surface area contributed by atoms with Crippen molar-refractivity contribution >= 4 is 40.9 Å². The summed E-state index contributed by atoms with van der Waals surface area (Å²) in [5.74, 6) is 0.526. The number of anilines is 1. The zero-order valence-corrected chi connectivity index (χ0v) is 20.2. The molecule has 34 heavy (non-hydrogen) atoms. The predicted molar refractivity (Wildman–Crippen MR) is 133 cm³/mol.